The first-order valence-corrected chi connectivity index (χ1v) is 11.3. The van der Waals surface area contributed by atoms with Gasteiger partial charge in [-0.1, -0.05) is 18.2 Å². The third-order valence-electron chi connectivity index (χ3n) is 6.34. The van der Waals surface area contributed by atoms with Crippen LogP contribution in [0.25, 0.3) is 0 Å². The summed E-state index contributed by atoms with van der Waals surface area (Å²) in [6, 6.07) is 12.0. The average Bonchev–Trinajstić information content (AvgIpc) is 3.25. The Bertz CT molecular complexity index is 1130. The van der Waals surface area contributed by atoms with Gasteiger partial charge in [-0.3, -0.25) is 24.3 Å². The van der Waals surface area contributed by atoms with Crippen molar-refractivity contribution in [1.82, 2.24) is 10.2 Å². The summed E-state index contributed by atoms with van der Waals surface area (Å²) in [6.07, 6.45) is 0. The van der Waals surface area contributed by atoms with Crippen LogP contribution >= 0.6 is 0 Å². The predicted octanol–water partition coefficient (Wildman–Crippen LogP) is 2.98. The lowest BCUT2D eigenvalue weighted by atomic mass is 10.0. The Labute approximate surface area is 198 Å². The summed E-state index contributed by atoms with van der Waals surface area (Å²) in [5.74, 6) is -2.33. The molecule has 2 heterocycles. The van der Waals surface area contributed by atoms with Crippen LogP contribution in [0.3, 0.4) is 0 Å². The Balaban J connectivity index is 1.65. The Morgan fingerprint density at radius 1 is 1.03 bits per heavy atom. The van der Waals surface area contributed by atoms with Crippen LogP contribution in [0.1, 0.15) is 23.6 Å². The smallest absolute Gasteiger partial charge is 0.331 e. The number of hydrogen-bond acceptors (Lipinski definition) is 5. The molecule has 2 aliphatic heterocycles. The van der Waals surface area contributed by atoms with Crippen molar-refractivity contribution in [1.29, 1.82) is 0 Å². The van der Waals surface area contributed by atoms with Crippen molar-refractivity contribution in [3.8, 4) is 0 Å². The van der Waals surface area contributed by atoms with Crippen LogP contribution in [-0.4, -0.2) is 55.1 Å². The number of ether oxygens (including phenoxy) is 1. The standard InChI is InChI=1S/C25H28N4O5/c1-4-34-23(31)21-15-28(20-10-8-19(9-11-20)27-13-12-26-24(27)32)25(33)29(22(21)30)14-18-7-5-6-16(2)17(18)3/h5-11,21H,4,12-15H2,1-3H3,(H,26,32). The molecule has 0 aromatic heterocycles. The number of anilines is 2. The van der Waals surface area contributed by atoms with E-state index in [0.29, 0.717) is 24.5 Å². The van der Waals surface area contributed by atoms with E-state index in [2.05, 4.69) is 5.32 Å². The monoisotopic (exact) mass is 464 g/mol. The Morgan fingerprint density at radius 3 is 2.32 bits per heavy atom. The molecule has 0 radical (unpaired) electrons. The maximum Gasteiger partial charge on any atom is 0.331 e. The van der Waals surface area contributed by atoms with Gasteiger partial charge in [0.15, 0.2) is 5.92 Å². The molecule has 0 saturated carbocycles. The van der Waals surface area contributed by atoms with Gasteiger partial charge in [0.25, 0.3) is 0 Å². The molecule has 0 bridgehead atoms. The van der Waals surface area contributed by atoms with Crippen LogP contribution < -0.4 is 15.1 Å². The number of nitrogens with one attached hydrogen (secondary N) is 1. The van der Waals surface area contributed by atoms with Crippen molar-refractivity contribution in [2.24, 2.45) is 5.92 Å². The molecule has 1 N–H and O–H groups in total. The lowest BCUT2D eigenvalue weighted by Gasteiger charge is -2.38. The summed E-state index contributed by atoms with van der Waals surface area (Å²) in [4.78, 5) is 55.4. The lowest BCUT2D eigenvalue weighted by Crippen LogP contribution is -2.58. The van der Waals surface area contributed by atoms with E-state index in [1.165, 1.54) is 4.90 Å². The molecule has 2 aromatic carbocycles. The number of hydrogen-bond donors (Lipinski definition) is 1. The maximum atomic E-state index is 13.5. The number of aryl methyl sites for hydroxylation is 1. The van der Waals surface area contributed by atoms with E-state index in [1.807, 2.05) is 32.0 Å². The summed E-state index contributed by atoms with van der Waals surface area (Å²) in [5, 5.41) is 2.75. The van der Waals surface area contributed by atoms with E-state index in [4.69, 9.17) is 4.74 Å². The molecule has 0 aliphatic carbocycles. The molecule has 4 rings (SSSR count). The number of carbonyl (C=O) groups excluding carboxylic acids is 4. The van der Waals surface area contributed by atoms with Gasteiger partial charge in [0.1, 0.15) is 0 Å². The fourth-order valence-electron chi connectivity index (χ4n) is 4.23. The molecule has 1 atom stereocenters. The molecule has 5 amide bonds. The van der Waals surface area contributed by atoms with Gasteiger partial charge in [-0.15, -0.1) is 0 Å². The number of esters is 1. The molecule has 2 aliphatic rings. The first-order valence-electron chi connectivity index (χ1n) is 11.3. The minimum atomic E-state index is -1.12. The lowest BCUT2D eigenvalue weighted by molar-refractivity contribution is -0.154. The average molecular weight is 465 g/mol. The van der Waals surface area contributed by atoms with E-state index in [9.17, 15) is 19.2 Å². The predicted molar refractivity (Wildman–Crippen MR) is 127 cm³/mol. The summed E-state index contributed by atoms with van der Waals surface area (Å²) in [6.45, 7) is 6.81. The van der Waals surface area contributed by atoms with Crippen molar-refractivity contribution in [3.63, 3.8) is 0 Å². The zero-order valence-corrected chi connectivity index (χ0v) is 19.5. The molecule has 9 heteroatoms. The Morgan fingerprint density at radius 2 is 1.71 bits per heavy atom. The van der Waals surface area contributed by atoms with Gasteiger partial charge in [0, 0.05) is 24.5 Å². The van der Waals surface area contributed by atoms with Crippen molar-refractivity contribution < 1.29 is 23.9 Å². The van der Waals surface area contributed by atoms with Crippen LogP contribution in [-0.2, 0) is 20.9 Å². The highest BCUT2D eigenvalue weighted by molar-refractivity contribution is 6.12. The van der Waals surface area contributed by atoms with Gasteiger partial charge < -0.3 is 10.1 Å². The first kappa shape index (κ1) is 23.3. The highest BCUT2D eigenvalue weighted by atomic mass is 16.5. The molecule has 34 heavy (non-hydrogen) atoms. The molecule has 2 saturated heterocycles. The van der Waals surface area contributed by atoms with Gasteiger partial charge in [-0.25, -0.2) is 9.59 Å². The number of imide groups is 1. The van der Waals surface area contributed by atoms with Gasteiger partial charge >= 0.3 is 18.0 Å². The molecule has 9 nitrogen and oxygen atoms in total. The van der Waals surface area contributed by atoms with Crippen molar-refractivity contribution in [2.45, 2.75) is 27.3 Å². The topological polar surface area (TPSA) is 99.3 Å². The number of benzene rings is 2. The van der Waals surface area contributed by atoms with Gasteiger partial charge in [0.2, 0.25) is 5.91 Å². The third kappa shape index (κ3) is 4.33. The largest absolute Gasteiger partial charge is 0.465 e. The van der Waals surface area contributed by atoms with Crippen LogP contribution in [0.5, 0.6) is 0 Å². The summed E-state index contributed by atoms with van der Waals surface area (Å²) >= 11 is 0. The summed E-state index contributed by atoms with van der Waals surface area (Å²) < 4.78 is 5.14. The SMILES string of the molecule is CCOC(=O)C1CN(c2ccc(N3CCNC3=O)cc2)C(=O)N(Cc2cccc(C)c2C)C1=O. The highest BCUT2D eigenvalue weighted by Crippen LogP contribution is 2.29. The normalized spacial score (nSPS) is 18.4. The number of urea groups is 2. The summed E-state index contributed by atoms with van der Waals surface area (Å²) in [7, 11) is 0. The van der Waals surface area contributed by atoms with Crippen molar-refractivity contribution in [3.05, 3.63) is 59.2 Å². The van der Waals surface area contributed by atoms with Crippen LogP contribution in [0.2, 0.25) is 0 Å². The number of rotatable bonds is 6. The van der Waals surface area contributed by atoms with Gasteiger partial charge in [-0.2, -0.15) is 0 Å². The van der Waals surface area contributed by atoms with Crippen molar-refractivity contribution >= 4 is 35.3 Å². The van der Waals surface area contributed by atoms with E-state index in [1.54, 1.807) is 36.1 Å². The Hall–Kier alpha value is -3.88. The molecular weight excluding hydrogens is 436 g/mol. The fourth-order valence-corrected chi connectivity index (χ4v) is 4.23. The van der Waals surface area contributed by atoms with Crippen LogP contribution in [0.4, 0.5) is 21.0 Å². The molecule has 2 fully saturated rings. The van der Waals surface area contributed by atoms with Crippen LogP contribution in [0.15, 0.2) is 42.5 Å². The van der Waals surface area contributed by atoms with Crippen LogP contribution in [0, 0.1) is 19.8 Å². The van der Waals surface area contributed by atoms with Crippen molar-refractivity contribution in [2.75, 3.05) is 36.0 Å². The first-order chi connectivity index (χ1) is 16.3. The molecule has 1 unspecified atom stereocenters. The second-order valence-electron chi connectivity index (χ2n) is 8.38. The minimum absolute atomic E-state index is 0.0591. The zero-order chi connectivity index (χ0) is 24.4. The zero-order valence-electron chi connectivity index (χ0n) is 19.5. The molecule has 0 spiro atoms. The summed E-state index contributed by atoms with van der Waals surface area (Å²) in [5.41, 5.74) is 4.10. The fraction of sp³-hybridized carbons (Fsp3) is 0.360. The molecule has 2 aromatic rings. The number of carbonyl (C=O) groups is 4. The Kier molecular flexibility index (Phi) is 6.54. The number of amides is 5. The molecule has 178 valence electrons. The third-order valence-corrected chi connectivity index (χ3v) is 6.34. The maximum absolute atomic E-state index is 13.5. The van der Waals surface area contributed by atoms with Gasteiger partial charge in [0.05, 0.1) is 19.7 Å². The van der Waals surface area contributed by atoms with E-state index in [0.717, 1.165) is 21.6 Å². The van der Waals surface area contributed by atoms with E-state index in [-0.39, 0.29) is 25.7 Å². The van der Waals surface area contributed by atoms with E-state index >= 15 is 0 Å². The number of nitrogens with zero attached hydrogens (tertiary/aromatic N) is 3. The second kappa shape index (κ2) is 9.54. The quantitative estimate of drug-likeness (QED) is 0.523. The van der Waals surface area contributed by atoms with Gasteiger partial charge in [-0.05, 0) is 61.7 Å². The van der Waals surface area contributed by atoms with E-state index < -0.39 is 23.8 Å². The minimum Gasteiger partial charge on any atom is -0.465 e. The second-order valence-corrected chi connectivity index (χ2v) is 8.38. The molecular formula is C25H28N4O5. The highest BCUT2D eigenvalue weighted by Gasteiger charge is 2.44.